The minimum absolute atomic E-state index is 0.360. The van der Waals surface area contributed by atoms with E-state index < -0.39 is 0 Å². The van der Waals surface area contributed by atoms with E-state index in [1.165, 1.54) is 19.2 Å². The van der Waals surface area contributed by atoms with Crippen molar-refractivity contribution in [1.29, 1.82) is 5.26 Å². The summed E-state index contributed by atoms with van der Waals surface area (Å²) in [5.41, 5.74) is 1.62. The first-order valence-corrected chi connectivity index (χ1v) is 7.17. The number of benzene rings is 2. The fourth-order valence-corrected chi connectivity index (χ4v) is 2.65. The van der Waals surface area contributed by atoms with E-state index in [0.29, 0.717) is 27.1 Å². The zero-order chi connectivity index (χ0) is 16.1. The van der Waals surface area contributed by atoms with Gasteiger partial charge in [-0.1, -0.05) is 12.1 Å². The lowest BCUT2D eigenvalue weighted by atomic mass is 10.0. The van der Waals surface area contributed by atoms with Gasteiger partial charge in [0.1, 0.15) is 5.82 Å². The molecule has 3 nitrogen and oxygen atoms in total. The number of nitrogens with zero attached hydrogens (tertiary/aromatic N) is 1. The Morgan fingerprint density at radius 3 is 2.59 bits per heavy atom. The van der Waals surface area contributed by atoms with Crippen LogP contribution in [0, 0.1) is 17.1 Å². The molecule has 0 heterocycles. The third-order valence-corrected chi connectivity index (χ3v) is 3.61. The van der Waals surface area contributed by atoms with Gasteiger partial charge in [-0.05, 0) is 57.4 Å². The number of ether oxygens (including phenoxy) is 2. The zero-order valence-corrected chi connectivity index (χ0v) is 13.6. The van der Waals surface area contributed by atoms with E-state index in [1.807, 2.05) is 0 Å². The smallest absolute Gasteiger partial charge is 0.174 e. The van der Waals surface area contributed by atoms with E-state index in [9.17, 15) is 9.65 Å². The molecule has 0 radical (unpaired) electrons. The molecule has 0 spiro atoms. The Kier molecular flexibility index (Phi) is 5.18. The highest BCUT2D eigenvalue weighted by atomic mass is 79.9. The Morgan fingerprint density at radius 2 is 2.00 bits per heavy atom. The highest BCUT2D eigenvalue weighted by Gasteiger charge is 2.10. The van der Waals surface area contributed by atoms with E-state index in [1.54, 1.807) is 37.5 Å². The number of nitriles is 1. The number of halogens is 2. The molecule has 0 atom stereocenters. The van der Waals surface area contributed by atoms with Gasteiger partial charge >= 0.3 is 0 Å². The zero-order valence-electron chi connectivity index (χ0n) is 12.1. The van der Waals surface area contributed by atoms with Crippen LogP contribution in [-0.4, -0.2) is 14.2 Å². The fraction of sp³-hybridized carbons (Fsp3) is 0.118. The topological polar surface area (TPSA) is 42.2 Å². The molecule has 0 aliphatic rings. The summed E-state index contributed by atoms with van der Waals surface area (Å²) in [6.07, 6.45) is 1.67. The fourth-order valence-electron chi connectivity index (χ4n) is 2.02. The van der Waals surface area contributed by atoms with E-state index in [4.69, 9.17) is 9.47 Å². The maximum Gasteiger partial charge on any atom is 0.174 e. The van der Waals surface area contributed by atoms with Crippen molar-refractivity contribution in [2.75, 3.05) is 14.2 Å². The van der Waals surface area contributed by atoms with Gasteiger partial charge in [0.05, 0.1) is 30.3 Å². The first-order chi connectivity index (χ1) is 10.6. The van der Waals surface area contributed by atoms with Crippen LogP contribution < -0.4 is 9.47 Å². The minimum Gasteiger partial charge on any atom is -0.493 e. The standard InChI is InChI=1S/C17H13BrFNO2/c1-21-16-8-11(7-15(18)17(16)22-2)6-13(10-20)12-4-3-5-14(19)9-12/h3-9H,1-2H3/b13-6+. The van der Waals surface area contributed by atoms with Crippen molar-refractivity contribution in [3.8, 4) is 17.6 Å². The van der Waals surface area contributed by atoms with Gasteiger partial charge in [0.15, 0.2) is 11.5 Å². The second kappa shape index (κ2) is 7.10. The molecule has 0 N–H and O–H groups in total. The van der Waals surface area contributed by atoms with E-state index in [-0.39, 0.29) is 5.82 Å². The van der Waals surface area contributed by atoms with Crippen LogP contribution in [0.15, 0.2) is 40.9 Å². The second-order valence-corrected chi connectivity index (χ2v) is 5.27. The van der Waals surface area contributed by atoms with Gasteiger partial charge in [0.2, 0.25) is 0 Å². The molecule has 2 aromatic carbocycles. The summed E-state index contributed by atoms with van der Waals surface area (Å²) in [4.78, 5) is 0. The van der Waals surface area contributed by atoms with Crippen LogP contribution in [0.3, 0.4) is 0 Å². The molecule has 5 heteroatoms. The lowest BCUT2D eigenvalue weighted by Crippen LogP contribution is -1.92. The van der Waals surface area contributed by atoms with Crippen molar-refractivity contribution >= 4 is 27.6 Å². The third kappa shape index (κ3) is 3.46. The average molecular weight is 362 g/mol. The number of hydrogen-bond acceptors (Lipinski definition) is 3. The molecule has 0 fully saturated rings. The molecule has 2 aromatic rings. The predicted octanol–water partition coefficient (Wildman–Crippen LogP) is 4.67. The quantitative estimate of drug-likeness (QED) is 0.586. The lowest BCUT2D eigenvalue weighted by Gasteiger charge is -2.10. The maximum atomic E-state index is 13.3. The average Bonchev–Trinajstić information content (AvgIpc) is 2.51. The van der Waals surface area contributed by atoms with Gasteiger partial charge in [-0.3, -0.25) is 0 Å². The van der Waals surface area contributed by atoms with Gasteiger partial charge in [0.25, 0.3) is 0 Å². The number of rotatable bonds is 4. The largest absolute Gasteiger partial charge is 0.493 e. The van der Waals surface area contributed by atoms with Crippen molar-refractivity contribution in [3.05, 3.63) is 57.8 Å². The summed E-state index contributed by atoms with van der Waals surface area (Å²) in [5.74, 6) is 0.732. The van der Waals surface area contributed by atoms with E-state index in [0.717, 1.165) is 5.56 Å². The molecule has 22 heavy (non-hydrogen) atoms. The van der Waals surface area contributed by atoms with Gasteiger partial charge in [-0.2, -0.15) is 5.26 Å². The predicted molar refractivity (Wildman–Crippen MR) is 87.1 cm³/mol. The summed E-state index contributed by atoms with van der Waals surface area (Å²) >= 11 is 3.40. The first kappa shape index (κ1) is 16.1. The van der Waals surface area contributed by atoms with Crippen LogP contribution in [0.5, 0.6) is 11.5 Å². The van der Waals surface area contributed by atoms with Crippen LogP contribution in [0.1, 0.15) is 11.1 Å². The SMILES string of the molecule is COc1cc(/C=C(\C#N)c2cccc(F)c2)cc(Br)c1OC. The number of methoxy groups -OCH3 is 2. The summed E-state index contributed by atoms with van der Waals surface area (Å²) in [7, 11) is 3.08. The summed E-state index contributed by atoms with van der Waals surface area (Å²) in [5, 5.41) is 9.32. The Labute approximate surface area is 136 Å². The van der Waals surface area contributed by atoms with Gasteiger partial charge in [-0.25, -0.2) is 4.39 Å². The molecule has 0 amide bonds. The molecule has 0 saturated heterocycles. The summed E-state index contributed by atoms with van der Waals surface area (Å²) in [6, 6.07) is 11.6. The number of hydrogen-bond donors (Lipinski definition) is 0. The van der Waals surface area contributed by atoms with E-state index >= 15 is 0 Å². The van der Waals surface area contributed by atoms with Crippen LogP contribution in [0.2, 0.25) is 0 Å². The van der Waals surface area contributed by atoms with Crippen LogP contribution >= 0.6 is 15.9 Å². The van der Waals surface area contributed by atoms with Crippen LogP contribution in [-0.2, 0) is 0 Å². The molecule has 0 saturated carbocycles. The highest BCUT2D eigenvalue weighted by molar-refractivity contribution is 9.10. The van der Waals surface area contributed by atoms with Gasteiger partial charge in [0, 0.05) is 0 Å². The summed E-state index contributed by atoms with van der Waals surface area (Å²) in [6.45, 7) is 0. The molecular weight excluding hydrogens is 349 g/mol. The van der Waals surface area contributed by atoms with Crippen molar-refractivity contribution in [3.63, 3.8) is 0 Å². The van der Waals surface area contributed by atoms with Gasteiger partial charge < -0.3 is 9.47 Å². The first-order valence-electron chi connectivity index (χ1n) is 6.38. The van der Waals surface area contributed by atoms with Crippen molar-refractivity contribution in [1.82, 2.24) is 0 Å². The normalized spacial score (nSPS) is 11.0. The Bertz CT molecular complexity index is 766. The Balaban J connectivity index is 2.51. The van der Waals surface area contributed by atoms with E-state index in [2.05, 4.69) is 22.0 Å². The summed E-state index contributed by atoms with van der Waals surface area (Å²) < 4.78 is 24.5. The van der Waals surface area contributed by atoms with Crippen molar-refractivity contribution in [2.45, 2.75) is 0 Å². The molecule has 0 unspecified atom stereocenters. The molecule has 0 aliphatic carbocycles. The highest BCUT2D eigenvalue weighted by Crippen LogP contribution is 2.37. The van der Waals surface area contributed by atoms with Crippen LogP contribution in [0.25, 0.3) is 11.6 Å². The third-order valence-electron chi connectivity index (χ3n) is 3.02. The molecule has 0 aromatic heterocycles. The minimum atomic E-state index is -0.382. The van der Waals surface area contributed by atoms with Crippen molar-refractivity contribution < 1.29 is 13.9 Å². The molecule has 0 aliphatic heterocycles. The van der Waals surface area contributed by atoms with Crippen LogP contribution in [0.4, 0.5) is 4.39 Å². The Morgan fingerprint density at radius 1 is 1.23 bits per heavy atom. The maximum absolute atomic E-state index is 13.3. The second-order valence-electron chi connectivity index (χ2n) is 4.42. The number of allylic oxidation sites excluding steroid dienone is 1. The molecule has 0 bridgehead atoms. The molecule has 2 rings (SSSR count). The Hall–Kier alpha value is -2.32. The molecule has 112 valence electrons. The van der Waals surface area contributed by atoms with Crippen molar-refractivity contribution in [2.24, 2.45) is 0 Å². The molecular formula is C17H13BrFNO2. The van der Waals surface area contributed by atoms with Gasteiger partial charge in [-0.15, -0.1) is 0 Å². The lowest BCUT2D eigenvalue weighted by molar-refractivity contribution is 0.353. The monoisotopic (exact) mass is 361 g/mol.